The van der Waals surface area contributed by atoms with E-state index in [0.29, 0.717) is 0 Å². The average Bonchev–Trinajstić information content (AvgIpc) is 1.83. The summed E-state index contributed by atoms with van der Waals surface area (Å²) in [4.78, 5) is 0. The van der Waals surface area contributed by atoms with E-state index >= 15 is 0 Å². The molecule has 0 aromatic heterocycles. The molecule has 0 radical (unpaired) electrons. The van der Waals surface area contributed by atoms with Gasteiger partial charge in [0.1, 0.15) is 0 Å². The Kier molecular flexibility index (Phi) is 4.32. The smallest absolute Gasteiger partial charge is 0.0331 e. The zero-order valence-electron chi connectivity index (χ0n) is 5.89. The van der Waals surface area contributed by atoms with Crippen molar-refractivity contribution in [1.29, 1.82) is 0 Å². The SMILES string of the molecule is C/C=N/N(CC)CC. The van der Waals surface area contributed by atoms with Gasteiger partial charge in [0.2, 0.25) is 0 Å². The number of hydrogen-bond donors (Lipinski definition) is 0. The first kappa shape index (κ1) is 7.47. The minimum Gasteiger partial charge on any atom is -0.298 e. The van der Waals surface area contributed by atoms with Crippen molar-refractivity contribution in [3.05, 3.63) is 0 Å². The highest BCUT2D eigenvalue weighted by Gasteiger charge is 1.86. The second-order valence-electron chi connectivity index (χ2n) is 1.51. The molecular formula is C6H14N2. The van der Waals surface area contributed by atoms with E-state index in [1.807, 2.05) is 18.1 Å². The van der Waals surface area contributed by atoms with Gasteiger partial charge in [0.15, 0.2) is 0 Å². The van der Waals surface area contributed by atoms with Gasteiger partial charge in [0, 0.05) is 19.3 Å². The second kappa shape index (κ2) is 4.62. The van der Waals surface area contributed by atoms with Crippen molar-refractivity contribution in [1.82, 2.24) is 5.01 Å². The van der Waals surface area contributed by atoms with E-state index in [4.69, 9.17) is 0 Å². The predicted octanol–water partition coefficient (Wildman–Crippen LogP) is 1.33. The molecule has 2 nitrogen and oxygen atoms in total. The van der Waals surface area contributed by atoms with Gasteiger partial charge in [-0.25, -0.2) is 0 Å². The van der Waals surface area contributed by atoms with Crippen LogP contribution < -0.4 is 0 Å². The van der Waals surface area contributed by atoms with Crippen LogP contribution in [0.4, 0.5) is 0 Å². The molecule has 0 saturated heterocycles. The van der Waals surface area contributed by atoms with Gasteiger partial charge in [0.25, 0.3) is 0 Å². The van der Waals surface area contributed by atoms with Crippen LogP contribution in [-0.2, 0) is 0 Å². The van der Waals surface area contributed by atoms with Gasteiger partial charge in [-0.1, -0.05) is 0 Å². The van der Waals surface area contributed by atoms with Crippen LogP contribution in [-0.4, -0.2) is 24.3 Å². The summed E-state index contributed by atoms with van der Waals surface area (Å²) < 4.78 is 0. The summed E-state index contributed by atoms with van der Waals surface area (Å²) in [5.74, 6) is 0. The summed E-state index contributed by atoms with van der Waals surface area (Å²) in [5.41, 5.74) is 0. The van der Waals surface area contributed by atoms with E-state index in [2.05, 4.69) is 18.9 Å². The molecule has 0 amide bonds. The van der Waals surface area contributed by atoms with Gasteiger partial charge in [-0.15, -0.1) is 0 Å². The summed E-state index contributed by atoms with van der Waals surface area (Å²) in [5, 5.41) is 6.07. The first-order chi connectivity index (χ1) is 3.85. The van der Waals surface area contributed by atoms with E-state index in [1.54, 1.807) is 0 Å². The molecule has 0 bridgehead atoms. The van der Waals surface area contributed by atoms with Crippen LogP contribution in [0.5, 0.6) is 0 Å². The largest absolute Gasteiger partial charge is 0.298 e. The molecule has 0 saturated carbocycles. The Labute approximate surface area is 51.2 Å². The topological polar surface area (TPSA) is 15.6 Å². The third kappa shape index (κ3) is 2.61. The summed E-state index contributed by atoms with van der Waals surface area (Å²) >= 11 is 0. The molecule has 0 aliphatic heterocycles. The number of rotatable bonds is 3. The normalized spacial score (nSPS) is 10.4. The summed E-state index contributed by atoms with van der Waals surface area (Å²) in [6, 6.07) is 0. The van der Waals surface area contributed by atoms with Gasteiger partial charge in [0.05, 0.1) is 0 Å². The highest BCUT2D eigenvalue weighted by atomic mass is 15.4. The Morgan fingerprint density at radius 3 is 2.00 bits per heavy atom. The van der Waals surface area contributed by atoms with Gasteiger partial charge in [-0.05, 0) is 20.8 Å². The Bertz CT molecular complexity index is 64.9. The van der Waals surface area contributed by atoms with Crippen LogP contribution in [0, 0.1) is 0 Å². The van der Waals surface area contributed by atoms with Gasteiger partial charge in [-0.2, -0.15) is 5.10 Å². The lowest BCUT2D eigenvalue weighted by atomic mass is 10.6. The van der Waals surface area contributed by atoms with Crippen molar-refractivity contribution in [2.24, 2.45) is 5.10 Å². The Hall–Kier alpha value is -0.530. The van der Waals surface area contributed by atoms with Crippen LogP contribution in [0.15, 0.2) is 5.10 Å². The minimum absolute atomic E-state index is 1.00. The molecule has 48 valence electrons. The van der Waals surface area contributed by atoms with Crippen LogP contribution in [0.25, 0.3) is 0 Å². The fourth-order valence-electron chi connectivity index (χ4n) is 0.550. The third-order valence-electron chi connectivity index (χ3n) is 1.01. The van der Waals surface area contributed by atoms with E-state index in [9.17, 15) is 0 Å². The fourth-order valence-corrected chi connectivity index (χ4v) is 0.550. The zero-order chi connectivity index (χ0) is 6.41. The molecule has 0 aliphatic carbocycles. The summed E-state index contributed by atoms with van der Waals surface area (Å²) in [7, 11) is 0. The molecule has 0 rings (SSSR count). The van der Waals surface area contributed by atoms with Gasteiger partial charge in [-0.3, -0.25) is 5.01 Å². The van der Waals surface area contributed by atoms with E-state index < -0.39 is 0 Å². The number of hydrogen-bond acceptors (Lipinski definition) is 2. The van der Waals surface area contributed by atoms with Gasteiger partial charge >= 0.3 is 0 Å². The first-order valence-electron chi connectivity index (χ1n) is 3.08. The van der Waals surface area contributed by atoms with Crippen LogP contribution in [0.1, 0.15) is 20.8 Å². The van der Waals surface area contributed by atoms with Crippen LogP contribution >= 0.6 is 0 Å². The maximum atomic E-state index is 4.07. The molecule has 2 heteroatoms. The number of hydrazone groups is 1. The van der Waals surface area contributed by atoms with Crippen molar-refractivity contribution in [2.45, 2.75) is 20.8 Å². The number of nitrogens with zero attached hydrogens (tertiary/aromatic N) is 2. The molecule has 0 heterocycles. The Morgan fingerprint density at radius 2 is 1.88 bits per heavy atom. The first-order valence-corrected chi connectivity index (χ1v) is 3.08. The standard InChI is InChI=1S/C6H14N2/c1-4-7-8(5-2)6-3/h4H,5-6H2,1-3H3/b7-4+. The molecule has 8 heavy (non-hydrogen) atoms. The van der Waals surface area contributed by atoms with Crippen molar-refractivity contribution in [2.75, 3.05) is 13.1 Å². The maximum Gasteiger partial charge on any atom is 0.0331 e. The molecule has 0 aliphatic rings. The van der Waals surface area contributed by atoms with E-state index in [0.717, 1.165) is 13.1 Å². The predicted molar refractivity (Wildman–Crippen MR) is 37.1 cm³/mol. The van der Waals surface area contributed by atoms with Crippen molar-refractivity contribution in [3.63, 3.8) is 0 Å². The third-order valence-corrected chi connectivity index (χ3v) is 1.01. The molecule has 0 unspecified atom stereocenters. The molecule has 0 aromatic rings. The molecule has 0 aromatic carbocycles. The second-order valence-corrected chi connectivity index (χ2v) is 1.51. The lowest BCUT2D eigenvalue weighted by molar-refractivity contribution is 0.323. The van der Waals surface area contributed by atoms with Crippen molar-refractivity contribution in [3.8, 4) is 0 Å². The molecule has 0 fully saturated rings. The lowest BCUT2D eigenvalue weighted by Crippen LogP contribution is -2.15. The van der Waals surface area contributed by atoms with Crippen molar-refractivity contribution >= 4 is 6.21 Å². The zero-order valence-corrected chi connectivity index (χ0v) is 5.89. The Morgan fingerprint density at radius 1 is 1.38 bits per heavy atom. The van der Waals surface area contributed by atoms with Crippen molar-refractivity contribution < 1.29 is 0 Å². The van der Waals surface area contributed by atoms with E-state index in [1.165, 1.54) is 0 Å². The molecule has 0 N–H and O–H groups in total. The fraction of sp³-hybridized carbons (Fsp3) is 0.833. The average molecular weight is 114 g/mol. The van der Waals surface area contributed by atoms with E-state index in [-0.39, 0.29) is 0 Å². The van der Waals surface area contributed by atoms with Crippen LogP contribution in [0.3, 0.4) is 0 Å². The minimum atomic E-state index is 1.00. The highest BCUT2D eigenvalue weighted by molar-refractivity contribution is 5.52. The molecular weight excluding hydrogens is 100 g/mol. The lowest BCUT2D eigenvalue weighted by Gasteiger charge is -2.11. The summed E-state index contributed by atoms with van der Waals surface area (Å²) in [6.07, 6.45) is 1.81. The highest BCUT2D eigenvalue weighted by Crippen LogP contribution is 1.83. The van der Waals surface area contributed by atoms with Crippen LogP contribution in [0.2, 0.25) is 0 Å². The maximum absolute atomic E-state index is 4.07. The summed E-state index contributed by atoms with van der Waals surface area (Å²) in [6.45, 7) is 8.12. The van der Waals surface area contributed by atoms with Gasteiger partial charge < -0.3 is 0 Å². The molecule has 0 atom stereocenters. The Balaban J connectivity index is 3.36. The quantitative estimate of drug-likeness (QED) is 0.399. The molecule has 0 spiro atoms. The monoisotopic (exact) mass is 114 g/mol.